The minimum atomic E-state index is -3.65. The first-order valence-corrected chi connectivity index (χ1v) is 12.2. The number of rotatable bonds is 6. The summed E-state index contributed by atoms with van der Waals surface area (Å²) in [5.41, 5.74) is 1.91. The highest BCUT2D eigenvalue weighted by Gasteiger charge is 2.33. The maximum absolute atomic E-state index is 13.0. The van der Waals surface area contributed by atoms with Crippen molar-refractivity contribution in [3.05, 3.63) is 48.5 Å². The second kappa shape index (κ2) is 9.28. The standard InChI is InChI=1S/C23H29N3O4S/c1-30-21-10-12-22(13-11-21)31(28,29)26-16-4-5-18(17-26)23(27)24-19-6-8-20(9-7-19)25-14-2-3-15-25/h6-13,18H,2-5,14-17H2,1H3,(H,24,27)/t18-/m1/s1. The summed E-state index contributed by atoms with van der Waals surface area (Å²) in [6.07, 6.45) is 3.76. The number of sulfonamides is 1. The average molecular weight is 444 g/mol. The molecule has 2 aromatic rings. The van der Waals surface area contributed by atoms with E-state index in [1.165, 1.54) is 29.9 Å². The molecule has 166 valence electrons. The number of benzene rings is 2. The van der Waals surface area contributed by atoms with Gasteiger partial charge >= 0.3 is 0 Å². The van der Waals surface area contributed by atoms with Gasteiger partial charge in [0.25, 0.3) is 0 Å². The van der Waals surface area contributed by atoms with Gasteiger partial charge in [-0.2, -0.15) is 4.31 Å². The van der Waals surface area contributed by atoms with Gasteiger partial charge in [-0.3, -0.25) is 4.79 Å². The molecule has 2 saturated heterocycles. The zero-order valence-corrected chi connectivity index (χ0v) is 18.6. The van der Waals surface area contributed by atoms with Gasteiger partial charge in [0.15, 0.2) is 0 Å². The molecule has 7 nitrogen and oxygen atoms in total. The summed E-state index contributed by atoms with van der Waals surface area (Å²) in [6.45, 7) is 2.76. The van der Waals surface area contributed by atoms with Crippen LogP contribution in [0.4, 0.5) is 11.4 Å². The highest BCUT2D eigenvalue weighted by Crippen LogP contribution is 2.27. The van der Waals surface area contributed by atoms with Crippen LogP contribution in [0.25, 0.3) is 0 Å². The smallest absolute Gasteiger partial charge is 0.243 e. The molecule has 31 heavy (non-hydrogen) atoms. The van der Waals surface area contributed by atoms with Gasteiger partial charge in [0.05, 0.1) is 17.9 Å². The summed E-state index contributed by atoms with van der Waals surface area (Å²) >= 11 is 0. The van der Waals surface area contributed by atoms with Gasteiger partial charge in [0.2, 0.25) is 15.9 Å². The van der Waals surface area contributed by atoms with Crippen LogP contribution < -0.4 is 15.0 Å². The molecule has 2 aliphatic heterocycles. The molecule has 0 radical (unpaired) electrons. The van der Waals surface area contributed by atoms with E-state index in [4.69, 9.17) is 4.74 Å². The SMILES string of the molecule is COc1ccc(S(=O)(=O)N2CCC[C@@H](C(=O)Nc3ccc(N4CCCC4)cc3)C2)cc1. The van der Waals surface area contributed by atoms with Crippen LogP contribution in [0.15, 0.2) is 53.4 Å². The summed E-state index contributed by atoms with van der Waals surface area (Å²) in [6, 6.07) is 14.2. The number of piperidine rings is 1. The summed E-state index contributed by atoms with van der Waals surface area (Å²) < 4.78 is 32.6. The van der Waals surface area contributed by atoms with Crippen molar-refractivity contribution in [1.29, 1.82) is 0 Å². The third kappa shape index (κ3) is 4.85. The van der Waals surface area contributed by atoms with Crippen LogP contribution in [0.3, 0.4) is 0 Å². The second-order valence-electron chi connectivity index (χ2n) is 8.11. The highest BCUT2D eigenvalue weighted by molar-refractivity contribution is 7.89. The van der Waals surface area contributed by atoms with E-state index in [0.717, 1.165) is 18.8 Å². The molecule has 0 aliphatic carbocycles. The fourth-order valence-electron chi connectivity index (χ4n) is 4.25. The molecule has 1 atom stereocenters. The molecule has 2 fully saturated rings. The van der Waals surface area contributed by atoms with Crippen LogP contribution >= 0.6 is 0 Å². The van der Waals surface area contributed by atoms with Gasteiger partial charge in [-0.15, -0.1) is 0 Å². The predicted octanol–water partition coefficient (Wildman–Crippen LogP) is 3.33. The molecule has 4 rings (SSSR count). The third-order valence-corrected chi connectivity index (χ3v) is 7.94. The number of carbonyl (C=O) groups is 1. The minimum Gasteiger partial charge on any atom is -0.497 e. The van der Waals surface area contributed by atoms with E-state index in [1.54, 1.807) is 24.3 Å². The van der Waals surface area contributed by atoms with Crippen LogP contribution in [0, 0.1) is 5.92 Å². The number of carbonyl (C=O) groups excluding carboxylic acids is 1. The number of nitrogens with zero attached hydrogens (tertiary/aromatic N) is 2. The maximum Gasteiger partial charge on any atom is 0.243 e. The van der Waals surface area contributed by atoms with Crippen molar-refractivity contribution in [3.8, 4) is 5.75 Å². The first kappa shape index (κ1) is 21.6. The number of hydrogen-bond donors (Lipinski definition) is 1. The Kier molecular flexibility index (Phi) is 6.48. The molecule has 2 heterocycles. The van der Waals surface area contributed by atoms with E-state index < -0.39 is 10.0 Å². The largest absolute Gasteiger partial charge is 0.497 e. The van der Waals surface area contributed by atoms with Crippen LogP contribution in [0.5, 0.6) is 5.75 Å². The molecular formula is C23H29N3O4S. The van der Waals surface area contributed by atoms with Crippen molar-refractivity contribution in [1.82, 2.24) is 4.31 Å². The van der Waals surface area contributed by atoms with E-state index in [0.29, 0.717) is 25.1 Å². The molecular weight excluding hydrogens is 414 g/mol. The van der Waals surface area contributed by atoms with Gasteiger partial charge in [0.1, 0.15) is 5.75 Å². The lowest BCUT2D eigenvalue weighted by atomic mass is 9.98. The molecule has 0 bridgehead atoms. The van der Waals surface area contributed by atoms with E-state index in [1.807, 2.05) is 24.3 Å². The third-order valence-electron chi connectivity index (χ3n) is 6.06. The summed E-state index contributed by atoms with van der Waals surface area (Å²) in [5, 5.41) is 2.96. The van der Waals surface area contributed by atoms with Crippen molar-refractivity contribution < 1.29 is 17.9 Å². The van der Waals surface area contributed by atoms with Crippen molar-refractivity contribution in [2.24, 2.45) is 5.92 Å². The molecule has 1 N–H and O–H groups in total. The van der Waals surface area contributed by atoms with Gasteiger partial charge < -0.3 is 15.0 Å². The molecule has 0 saturated carbocycles. The molecule has 2 aromatic carbocycles. The Labute approximate surface area is 184 Å². The molecule has 0 aromatic heterocycles. The van der Waals surface area contributed by atoms with E-state index in [-0.39, 0.29) is 23.3 Å². The molecule has 8 heteroatoms. The molecule has 0 spiro atoms. The average Bonchev–Trinajstić information content (AvgIpc) is 3.35. The Bertz CT molecular complexity index is 1000. The van der Waals surface area contributed by atoms with Crippen LogP contribution in [0.2, 0.25) is 0 Å². The fraction of sp³-hybridized carbons (Fsp3) is 0.435. The van der Waals surface area contributed by atoms with Gasteiger partial charge in [0, 0.05) is 37.6 Å². The van der Waals surface area contributed by atoms with E-state index in [9.17, 15) is 13.2 Å². The van der Waals surface area contributed by atoms with Crippen LogP contribution in [0.1, 0.15) is 25.7 Å². The zero-order chi connectivity index (χ0) is 21.8. The zero-order valence-electron chi connectivity index (χ0n) is 17.8. The van der Waals surface area contributed by atoms with Crippen molar-refractivity contribution in [2.75, 3.05) is 43.5 Å². The van der Waals surface area contributed by atoms with E-state index in [2.05, 4.69) is 10.2 Å². The molecule has 1 amide bonds. The van der Waals surface area contributed by atoms with Crippen LogP contribution in [-0.2, 0) is 14.8 Å². The summed E-state index contributed by atoms with van der Waals surface area (Å²) in [7, 11) is -2.11. The number of anilines is 2. The maximum atomic E-state index is 13.0. The Balaban J connectivity index is 1.39. The predicted molar refractivity (Wildman–Crippen MR) is 121 cm³/mol. The Hall–Kier alpha value is -2.58. The number of hydrogen-bond acceptors (Lipinski definition) is 5. The Morgan fingerprint density at radius 1 is 0.968 bits per heavy atom. The first-order valence-electron chi connectivity index (χ1n) is 10.8. The number of methoxy groups -OCH3 is 1. The number of amides is 1. The topological polar surface area (TPSA) is 79.0 Å². The van der Waals surface area contributed by atoms with Crippen molar-refractivity contribution in [2.45, 2.75) is 30.6 Å². The molecule has 0 unspecified atom stereocenters. The minimum absolute atomic E-state index is 0.136. The summed E-state index contributed by atoms with van der Waals surface area (Å²) in [4.78, 5) is 15.4. The fourth-order valence-corrected chi connectivity index (χ4v) is 5.77. The van der Waals surface area contributed by atoms with Crippen molar-refractivity contribution in [3.63, 3.8) is 0 Å². The van der Waals surface area contributed by atoms with Gasteiger partial charge in [-0.05, 0) is 74.2 Å². The van der Waals surface area contributed by atoms with Gasteiger partial charge in [-0.25, -0.2) is 8.42 Å². The monoisotopic (exact) mass is 443 g/mol. The molecule has 2 aliphatic rings. The van der Waals surface area contributed by atoms with Crippen molar-refractivity contribution >= 4 is 27.3 Å². The van der Waals surface area contributed by atoms with Crippen LogP contribution in [-0.4, -0.2) is 51.9 Å². The second-order valence-corrected chi connectivity index (χ2v) is 10.0. The van der Waals surface area contributed by atoms with Gasteiger partial charge in [-0.1, -0.05) is 0 Å². The lowest BCUT2D eigenvalue weighted by molar-refractivity contribution is -0.120. The Morgan fingerprint density at radius 3 is 2.29 bits per heavy atom. The lowest BCUT2D eigenvalue weighted by Crippen LogP contribution is -2.43. The van der Waals surface area contributed by atoms with E-state index >= 15 is 0 Å². The normalized spacial score (nSPS) is 19.9. The number of ether oxygens (including phenoxy) is 1. The number of nitrogens with one attached hydrogen (secondary N) is 1. The highest BCUT2D eigenvalue weighted by atomic mass is 32.2. The summed E-state index contributed by atoms with van der Waals surface area (Å²) in [5.74, 6) is 0.0918. The Morgan fingerprint density at radius 2 is 1.65 bits per heavy atom. The first-order chi connectivity index (χ1) is 15.0. The lowest BCUT2D eigenvalue weighted by Gasteiger charge is -2.31. The quantitative estimate of drug-likeness (QED) is 0.741.